The van der Waals surface area contributed by atoms with Crippen LogP contribution in [0, 0.1) is 0 Å². The standard InChI is InChI=1S/C17H12Cl2N4S/c18-13-7-6-12(14(19)9-13)10-21-23-17(24)22-15-5-1-3-11-4-2-8-20-16(11)15/h1-10H,(H2,22,23,24)/b21-10+. The Morgan fingerprint density at radius 1 is 1.12 bits per heavy atom. The van der Waals surface area contributed by atoms with Crippen LogP contribution in [0.4, 0.5) is 5.69 Å². The second kappa shape index (κ2) is 7.57. The third-order valence-corrected chi connectivity index (χ3v) is 3.97. The van der Waals surface area contributed by atoms with Crippen LogP contribution in [-0.2, 0) is 0 Å². The molecule has 2 aromatic carbocycles. The second-order valence-electron chi connectivity index (χ2n) is 4.87. The molecule has 1 heterocycles. The molecule has 0 aliphatic carbocycles. The number of hydrazone groups is 1. The van der Waals surface area contributed by atoms with Crippen molar-refractivity contribution in [3.8, 4) is 0 Å². The van der Waals surface area contributed by atoms with Crippen molar-refractivity contribution in [1.29, 1.82) is 0 Å². The quantitative estimate of drug-likeness (QED) is 0.390. The maximum Gasteiger partial charge on any atom is 0.191 e. The average molecular weight is 375 g/mol. The molecule has 0 amide bonds. The van der Waals surface area contributed by atoms with E-state index in [0.29, 0.717) is 15.2 Å². The summed E-state index contributed by atoms with van der Waals surface area (Å²) in [6.45, 7) is 0. The minimum Gasteiger partial charge on any atom is -0.330 e. The van der Waals surface area contributed by atoms with E-state index in [4.69, 9.17) is 35.4 Å². The zero-order valence-corrected chi connectivity index (χ0v) is 14.7. The average Bonchev–Trinajstić information content (AvgIpc) is 2.57. The van der Waals surface area contributed by atoms with Gasteiger partial charge in [0.2, 0.25) is 0 Å². The van der Waals surface area contributed by atoms with E-state index in [2.05, 4.69) is 20.8 Å². The van der Waals surface area contributed by atoms with Crippen molar-refractivity contribution in [2.75, 3.05) is 5.32 Å². The zero-order chi connectivity index (χ0) is 16.9. The molecule has 2 N–H and O–H groups in total. The number of halogens is 2. The van der Waals surface area contributed by atoms with Crippen molar-refractivity contribution < 1.29 is 0 Å². The summed E-state index contributed by atoms with van der Waals surface area (Å²) >= 11 is 17.2. The third kappa shape index (κ3) is 4.00. The maximum absolute atomic E-state index is 6.08. The number of aromatic nitrogens is 1. The number of nitrogens with one attached hydrogen (secondary N) is 2. The molecule has 3 aromatic rings. The first-order valence-corrected chi connectivity index (χ1v) is 8.19. The highest BCUT2D eigenvalue weighted by atomic mass is 35.5. The van der Waals surface area contributed by atoms with Gasteiger partial charge in [0, 0.05) is 22.2 Å². The van der Waals surface area contributed by atoms with Crippen LogP contribution in [0.15, 0.2) is 59.8 Å². The number of nitrogens with zero attached hydrogens (tertiary/aromatic N) is 2. The lowest BCUT2D eigenvalue weighted by atomic mass is 10.2. The molecule has 0 saturated carbocycles. The molecule has 0 radical (unpaired) electrons. The summed E-state index contributed by atoms with van der Waals surface area (Å²) in [5, 5.41) is 9.65. The van der Waals surface area contributed by atoms with Crippen LogP contribution in [0.2, 0.25) is 10.0 Å². The van der Waals surface area contributed by atoms with Gasteiger partial charge in [-0.3, -0.25) is 10.4 Å². The van der Waals surface area contributed by atoms with Crippen LogP contribution >= 0.6 is 35.4 Å². The molecule has 0 bridgehead atoms. The number of para-hydroxylation sites is 1. The van der Waals surface area contributed by atoms with Gasteiger partial charge < -0.3 is 5.32 Å². The predicted octanol–water partition coefficient (Wildman–Crippen LogP) is 4.86. The fraction of sp³-hybridized carbons (Fsp3) is 0. The number of pyridine rings is 1. The van der Waals surface area contributed by atoms with E-state index in [1.54, 1.807) is 30.6 Å². The van der Waals surface area contributed by atoms with Gasteiger partial charge in [-0.25, -0.2) is 0 Å². The molecule has 0 spiro atoms. The summed E-state index contributed by atoms with van der Waals surface area (Å²) in [6.07, 6.45) is 3.32. The van der Waals surface area contributed by atoms with Gasteiger partial charge >= 0.3 is 0 Å². The molecule has 0 unspecified atom stereocenters. The van der Waals surface area contributed by atoms with Crippen molar-refractivity contribution in [3.63, 3.8) is 0 Å². The van der Waals surface area contributed by atoms with Crippen LogP contribution in [-0.4, -0.2) is 16.3 Å². The third-order valence-electron chi connectivity index (χ3n) is 3.21. The van der Waals surface area contributed by atoms with Gasteiger partial charge in [-0.2, -0.15) is 5.10 Å². The Bertz CT molecular complexity index is 922. The Morgan fingerprint density at radius 3 is 2.79 bits per heavy atom. The summed E-state index contributed by atoms with van der Waals surface area (Å²) < 4.78 is 0. The highest BCUT2D eigenvalue weighted by Crippen LogP contribution is 2.21. The molecule has 1 aromatic heterocycles. The van der Waals surface area contributed by atoms with E-state index in [9.17, 15) is 0 Å². The number of hydrogen-bond donors (Lipinski definition) is 2. The molecule has 0 saturated heterocycles. The molecule has 0 fully saturated rings. The van der Waals surface area contributed by atoms with Gasteiger partial charge in [0.1, 0.15) is 0 Å². The fourth-order valence-electron chi connectivity index (χ4n) is 2.12. The number of thiocarbonyl (C=S) groups is 1. The highest BCUT2D eigenvalue weighted by Gasteiger charge is 2.03. The number of hydrogen-bond acceptors (Lipinski definition) is 3. The molecule has 0 aliphatic rings. The largest absolute Gasteiger partial charge is 0.330 e. The van der Waals surface area contributed by atoms with Crippen molar-refractivity contribution in [1.82, 2.24) is 10.4 Å². The normalized spacial score (nSPS) is 10.9. The first-order chi connectivity index (χ1) is 11.6. The first-order valence-electron chi connectivity index (χ1n) is 7.02. The lowest BCUT2D eigenvalue weighted by Gasteiger charge is -2.09. The smallest absolute Gasteiger partial charge is 0.191 e. The number of fused-ring (bicyclic) bond motifs is 1. The predicted molar refractivity (Wildman–Crippen MR) is 105 cm³/mol. The molecule has 0 atom stereocenters. The van der Waals surface area contributed by atoms with E-state index < -0.39 is 0 Å². The Kier molecular flexibility index (Phi) is 5.25. The summed E-state index contributed by atoms with van der Waals surface area (Å²) in [5.41, 5.74) is 5.15. The molecular weight excluding hydrogens is 363 g/mol. The van der Waals surface area contributed by atoms with Gasteiger partial charge in [-0.15, -0.1) is 0 Å². The second-order valence-corrected chi connectivity index (χ2v) is 6.12. The topological polar surface area (TPSA) is 49.3 Å². The van der Waals surface area contributed by atoms with Crippen molar-refractivity contribution >= 4 is 63.3 Å². The minimum atomic E-state index is 0.356. The minimum absolute atomic E-state index is 0.356. The van der Waals surface area contributed by atoms with Gasteiger partial charge in [0.15, 0.2) is 5.11 Å². The number of benzene rings is 2. The highest BCUT2D eigenvalue weighted by molar-refractivity contribution is 7.80. The Morgan fingerprint density at radius 2 is 1.96 bits per heavy atom. The van der Waals surface area contributed by atoms with Crippen LogP contribution in [0.25, 0.3) is 10.9 Å². The van der Waals surface area contributed by atoms with E-state index >= 15 is 0 Å². The zero-order valence-electron chi connectivity index (χ0n) is 12.3. The van der Waals surface area contributed by atoms with Crippen LogP contribution in [0.5, 0.6) is 0 Å². The van der Waals surface area contributed by atoms with E-state index in [-0.39, 0.29) is 0 Å². The molecular formula is C17H12Cl2N4S. The molecule has 0 aliphatic heterocycles. The van der Waals surface area contributed by atoms with Gasteiger partial charge in [-0.1, -0.05) is 47.5 Å². The van der Waals surface area contributed by atoms with Crippen molar-refractivity contribution in [2.45, 2.75) is 0 Å². The first kappa shape index (κ1) is 16.6. The lowest BCUT2D eigenvalue weighted by molar-refractivity contribution is 1.05. The molecule has 4 nitrogen and oxygen atoms in total. The van der Waals surface area contributed by atoms with Crippen LogP contribution in [0.1, 0.15) is 5.56 Å². The SMILES string of the molecule is S=C(N/N=C/c1ccc(Cl)cc1Cl)Nc1cccc2cccnc12. The lowest BCUT2D eigenvalue weighted by Crippen LogP contribution is -2.24. The van der Waals surface area contributed by atoms with Gasteiger partial charge in [0.05, 0.1) is 22.4 Å². The Labute approximate surface area is 154 Å². The summed E-state index contributed by atoms with van der Waals surface area (Å²) in [6, 6.07) is 14.9. The monoisotopic (exact) mass is 374 g/mol. The summed E-state index contributed by atoms with van der Waals surface area (Å²) in [7, 11) is 0. The summed E-state index contributed by atoms with van der Waals surface area (Å²) in [4.78, 5) is 4.36. The number of anilines is 1. The Balaban J connectivity index is 1.68. The van der Waals surface area contributed by atoms with E-state index in [0.717, 1.165) is 22.2 Å². The fourth-order valence-corrected chi connectivity index (χ4v) is 2.74. The van der Waals surface area contributed by atoms with Gasteiger partial charge in [0.25, 0.3) is 0 Å². The van der Waals surface area contributed by atoms with Crippen molar-refractivity contribution in [2.24, 2.45) is 5.10 Å². The van der Waals surface area contributed by atoms with E-state index in [1.807, 2.05) is 30.3 Å². The summed E-state index contributed by atoms with van der Waals surface area (Å²) in [5.74, 6) is 0. The van der Waals surface area contributed by atoms with Crippen molar-refractivity contribution in [3.05, 3.63) is 70.3 Å². The van der Waals surface area contributed by atoms with Crippen LogP contribution < -0.4 is 10.7 Å². The number of rotatable bonds is 3. The Hall–Kier alpha value is -2.21. The van der Waals surface area contributed by atoms with E-state index in [1.165, 1.54) is 0 Å². The van der Waals surface area contributed by atoms with Crippen LogP contribution in [0.3, 0.4) is 0 Å². The maximum atomic E-state index is 6.08. The van der Waals surface area contributed by atoms with Gasteiger partial charge in [-0.05, 0) is 36.5 Å². The molecule has 7 heteroatoms. The molecule has 3 rings (SSSR count). The molecule has 120 valence electrons. The molecule has 24 heavy (non-hydrogen) atoms.